The van der Waals surface area contributed by atoms with Gasteiger partial charge < -0.3 is 20.3 Å². The molecule has 2 N–H and O–H groups in total. The van der Waals surface area contributed by atoms with E-state index in [1.165, 1.54) is 0 Å². The van der Waals surface area contributed by atoms with Crippen molar-refractivity contribution in [3.05, 3.63) is 0 Å². The number of amides is 1. The summed E-state index contributed by atoms with van der Waals surface area (Å²) in [5.74, 6) is 0.0595. The number of hydrogen-bond acceptors (Lipinski definition) is 5. The highest BCUT2D eigenvalue weighted by atomic mass is 16.5. The van der Waals surface area contributed by atoms with Crippen molar-refractivity contribution in [2.24, 2.45) is 5.73 Å². The predicted molar refractivity (Wildman–Crippen MR) is 76.0 cm³/mol. The Kier molecular flexibility index (Phi) is 7.30. The highest BCUT2D eigenvalue weighted by molar-refractivity contribution is 5.81. The van der Waals surface area contributed by atoms with Crippen LogP contribution in [0.15, 0.2) is 0 Å². The standard InChI is InChI=1S/C13H28N4O2/c1-15(2)5-6-16-7-9-17(10-8-16)13(18)12(14)4-11-19-3/h12H,4-11,14H2,1-3H3. The summed E-state index contributed by atoms with van der Waals surface area (Å²) in [4.78, 5) is 18.5. The van der Waals surface area contributed by atoms with Gasteiger partial charge in [0.1, 0.15) is 0 Å². The molecule has 1 rings (SSSR count). The Morgan fingerprint density at radius 2 is 1.95 bits per heavy atom. The smallest absolute Gasteiger partial charge is 0.239 e. The molecule has 1 aliphatic heterocycles. The largest absolute Gasteiger partial charge is 0.385 e. The van der Waals surface area contributed by atoms with Gasteiger partial charge in [-0.05, 0) is 20.5 Å². The van der Waals surface area contributed by atoms with Gasteiger partial charge in [-0.3, -0.25) is 9.69 Å². The zero-order valence-electron chi connectivity index (χ0n) is 12.5. The first-order valence-electron chi connectivity index (χ1n) is 6.95. The van der Waals surface area contributed by atoms with Crippen LogP contribution >= 0.6 is 0 Å². The summed E-state index contributed by atoms with van der Waals surface area (Å²) in [5, 5.41) is 0. The number of nitrogens with two attached hydrogens (primary N) is 1. The van der Waals surface area contributed by atoms with Crippen molar-refractivity contribution in [2.45, 2.75) is 12.5 Å². The average molecular weight is 272 g/mol. The molecular weight excluding hydrogens is 244 g/mol. The maximum Gasteiger partial charge on any atom is 0.239 e. The summed E-state index contributed by atoms with van der Waals surface area (Å²) in [7, 11) is 5.78. The maximum absolute atomic E-state index is 12.1. The molecule has 0 spiro atoms. The Morgan fingerprint density at radius 1 is 1.32 bits per heavy atom. The van der Waals surface area contributed by atoms with Crippen molar-refractivity contribution >= 4 is 5.91 Å². The molecule has 112 valence electrons. The molecule has 19 heavy (non-hydrogen) atoms. The number of piperazine rings is 1. The lowest BCUT2D eigenvalue weighted by Crippen LogP contribution is -2.54. The van der Waals surface area contributed by atoms with Crippen LogP contribution in [0.3, 0.4) is 0 Å². The predicted octanol–water partition coefficient (Wildman–Crippen LogP) is -0.944. The van der Waals surface area contributed by atoms with Crippen LogP contribution in [0.4, 0.5) is 0 Å². The fourth-order valence-corrected chi connectivity index (χ4v) is 2.14. The molecule has 6 heteroatoms. The van der Waals surface area contributed by atoms with Gasteiger partial charge in [0.2, 0.25) is 5.91 Å². The van der Waals surface area contributed by atoms with Crippen molar-refractivity contribution < 1.29 is 9.53 Å². The molecule has 0 aliphatic carbocycles. The summed E-state index contributed by atoms with van der Waals surface area (Å²) in [6.07, 6.45) is 0.593. The van der Waals surface area contributed by atoms with Crippen molar-refractivity contribution in [3.63, 3.8) is 0 Å². The molecule has 1 atom stereocenters. The highest BCUT2D eigenvalue weighted by Gasteiger charge is 2.24. The number of likely N-dealkylation sites (N-methyl/N-ethyl adjacent to an activating group) is 1. The summed E-state index contributed by atoms with van der Waals surface area (Å²) < 4.78 is 4.96. The van der Waals surface area contributed by atoms with E-state index in [0.29, 0.717) is 13.0 Å². The minimum atomic E-state index is -0.423. The van der Waals surface area contributed by atoms with E-state index in [9.17, 15) is 4.79 Å². The summed E-state index contributed by atoms with van der Waals surface area (Å²) in [6.45, 7) is 6.11. The SMILES string of the molecule is COCCC(N)C(=O)N1CCN(CCN(C)C)CC1. The normalized spacial score (nSPS) is 18.9. The van der Waals surface area contributed by atoms with Crippen LogP contribution in [-0.2, 0) is 9.53 Å². The van der Waals surface area contributed by atoms with Gasteiger partial charge in [0.15, 0.2) is 0 Å². The molecule has 1 heterocycles. The topological polar surface area (TPSA) is 62.0 Å². The molecule has 0 aromatic heterocycles. The van der Waals surface area contributed by atoms with Gasteiger partial charge >= 0.3 is 0 Å². The average Bonchev–Trinajstić information content (AvgIpc) is 2.42. The number of ether oxygens (including phenoxy) is 1. The van der Waals surface area contributed by atoms with E-state index in [1.807, 2.05) is 4.90 Å². The Hall–Kier alpha value is -0.690. The Balaban J connectivity index is 2.26. The monoisotopic (exact) mass is 272 g/mol. The van der Waals surface area contributed by atoms with Gasteiger partial charge in [-0.25, -0.2) is 0 Å². The molecule has 0 saturated carbocycles. The maximum atomic E-state index is 12.1. The summed E-state index contributed by atoms with van der Waals surface area (Å²) in [5.41, 5.74) is 5.88. The minimum Gasteiger partial charge on any atom is -0.385 e. The molecule has 1 fully saturated rings. The third-order valence-corrected chi connectivity index (χ3v) is 3.50. The molecule has 0 radical (unpaired) electrons. The van der Waals surface area contributed by atoms with Crippen LogP contribution in [0.1, 0.15) is 6.42 Å². The van der Waals surface area contributed by atoms with Crippen LogP contribution in [-0.4, -0.2) is 93.7 Å². The first-order valence-corrected chi connectivity index (χ1v) is 6.95. The lowest BCUT2D eigenvalue weighted by molar-refractivity contribution is -0.134. The molecule has 0 aromatic carbocycles. The second-order valence-electron chi connectivity index (χ2n) is 5.36. The molecule has 6 nitrogen and oxygen atoms in total. The molecule has 1 saturated heterocycles. The summed E-state index contributed by atoms with van der Waals surface area (Å²) >= 11 is 0. The van der Waals surface area contributed by atoms with Gasteiger partial charge in [-0.1, -0.05) is 0 Å². The van der Waals surface area contributed by atoms with Gasteiger partial charge in [0.05, 0.1) is 6.04 Å². The Labute approximate surface area is 116 Å². The van der Waals surface area contributed by atoms with E-state index < -0.39 is 6.04 Å². The highest BCUT2D eigenvalue weighted by Crippen LogP contribution is 2.05. The zero-order valence-corrected chi connectivity index (χ0v) is 12.5. The minimum absolute atomic E-state index is 0.0595. The van der Waals surface area contributed by atoms with Crippen LogP contribution < -0.4 is 5.73 Å². The second-order valence-corrected chi connectivity index (χ2v) is 5.36. The van der Waals surface area contributed by atoms with E-state index in [-0.39, 0.29) is 5.91 Å². The Bertz CT molecular complexity index is 265. The third kappa shape index (κ3) is 5.86. The van der Waals surface area contributed by atoms with Gasteiger partial charge in [-0.15, -0.1) is 0 Å². The quantitative estimate of drug-likeness (QED) is 0.648. The fourth-order valence-electron chi connectivity index (χ4n) is 2.14. The van der Waals surface area contributed by atoms with Crippen molar-refractivity contribution in [3.8, 4) is 0 Å². The third-order valence-electron chi connectivity index (χ3n) is 3.50. The van der Waals surface area contributed by atoms with E-state index >= 15 is 0 Å². The van der Waals surface area contributed by atoms with E-state index in [0.717, 1.165) is 39.3 Å². The number of carbonyl (C=O) groups excluding carboxylic acids is 1. The van der Waals surface area contributed by atoms with Crippen LogP contribution in [0.5, 0.6) is 0 Å². The van der Waals surface area contributed by atoms with Gasteiger partial charge in [0.25, 0.3) is 0 Å². The number of methoxy groups -OCH3 is 1. The van der Waals surface area contributed by atoms with E-state index in [1.54, 1.807) is 7.11 Å². The fraction of sp³-hybridized carbons (Fsp3) is 0.923. The molecule has 1 unspecified atom stereocenters. The van der Waals surface area contributed by atoms with Crippen LogP contribution in [0.2, 0.25) is 0 Å². The first kappa shape index (κ1) is 16.4. The molecular formula is C13H28N4O2. The zero-order chi connectivity index (χ0) is 14.3. The van der Waals surface area contributed by atoms with E-state index in [2.05, 4.69) is 23.9 Å². The van der Waals surface area contributed by atoms with Crippen molar-refractivity contribution in [1.29, 1.82) is 0 Å². The first-order chi connectivity index (χ1) is 9.04. The molecule has 0 aromatic rings. The molecule has 1 amide bonds. The van der Waals surface area contributed by atoms with E-state index in [4.69, 9.17) is 10.5 Å². The molecule has 0 bridgehead atoms. The lowest BCUT2D eigenvalue weighted by atomic mass is 10.2. The van der Waals surface area contributed by atoms with Gasteiger partial charge in [-0.2, -0.15) is 0 Å². The lowest BCUT2D eigenvalue weighted by Gasteiger charge is -2.36. The molecule has 1 aliphatic rings. The van der Waals surface area contributed by atoms with Crippen molar-refractivity contribution in [2.75, 3.05) is 67.1 Å². The Morgan fingerprint density at radius 3 is 2.47 bits per heavy atom. The van der Waals surface area contributed by atoms with Crippen LogP contribution in [0, 0.1) is 0 Å². The second kappa shape index (κ2) is 8.47. The number of hydrogen-bond donors (Lipinski definition) is 1. The van der Waals surface area contributed by atoms with Crippen LogP contribution in [0.25, 0.3) is 0 Å². The number of rotatable bonds is 7. The summed E-state index contributed by atoms with van der Waals surface area (Å²) in [6, 6.07) is -0.423. The van der Waals surface area contributed by atoms with Gasteiger partial charge in [0, 0.05) is 53.0 Å². The van der Waals surface area contributed by atoms with Crippen molar-refractivity contribution in [1.82, 2.24) is 14.7 Å². The number of carbonyl (C=O) groups is 1. The number of nitrogens with zero attached hydrogens (tertiary/aromatic N) is 3.